The lowest BCUT2D eigenvalue weighted by molar-refractivity contribution is 0.134. The number of hydrogen-bond donors (Lipinski definition) is 2. The second kappa shape index (κ2) is 6.76. The van der Waals surface area contributed by atoms with Gasteiger partial charge in [0.25, 0.3) is 0 Å². The Hall–Kier alpha value is -1.06. The number of hydrogen-bond acceptors (Lipinski definition) is 3. The molecule has 0 aliphatic rings. The molecule has 18 heavy (non-hydrogen) atoms. The van der Waals surface area contributed by atoms with Gasteiger partial charge in [0.2, 0.25) is 0 Å². The molecule has 3 N–H and O–H groups in total. The number of benzene rings is 1. The van der Waals surface area contributed by atoms with Crippen LogP contribution in [0.1, 0.15) is 44.2 Å². The van der Waals surface area contributed by atoms with Gasteiger partial charge in [-0.15, -0.1) is 0 Å². The van der Waals surface area contributed by atoms with E-state index in [1.54, 1.807) is 7.11 Å². The van der Waals surface area contributed by atoms with Gasteiger partial charge in [0.05, 0.1) is 13.2 Å². The van der Waals surface area contributed by atoms with Gasteiger partial charge < -0.3 is 15.6 Å². The van der Waals surface area contributed by atoms with E-state index in [9.17, 15) is 5.11 Å². The summed E-state index contributed by atoms with van der Waals surface area (Å²) in [6.07, 6.45) is 1.18. The van der Waals surface area contributed by atoms with Crippen LogP contribution in [0.2, 0.25) is 0 Å². The summed E-state index contributed by atoms with van der Waals surface area (Å²) in [5.74, 6) is 1.11. The second-order valence-corrected chi connectivity index (χ2v) is 4.99. The zero-order chi connectivity index (χ0) is 13.7. The Morgan fingerprint density at radius 1 is 1.33 bits per heavy atom. The first-order valence-electron chi connectivity index (χ1n) is 6.60. The number of methoxy groups -OCH3 is 1. The molecule has 0 bridgehead atoms. The van der Waals surface area contributed by atoms with Gasteiger partial charge in [-0.3, -0.25) is 0 Å². The largest absolute Gasteiger partial charge is 0.496 e. The molecule has 0 aromatic heterocycles. The normalized spacial score (nSPS) is 16.1. The average Bonchev–Trinajstić information content (AvgIpc) is 2.37. The monoisotopic (exact) mass is 251 g/mol. The summed E-state index contributed by atoms with van der Waals surface area (Å²) in [6, 6.07) is 6.05. The highest BCUT2D eigenvalue weighted by Gasteiger charge is 2.18. The molecule has 1 aromatic rings. The lowest BCUT2D eigenvalue weighted by atomic mass is 9.91. The molecule has 3 nitrogen and oxygen atoms in total. The maximum atomic E-state index is 9.88. The number of nitrogens with two attached hydrogens (primary N) is 1. The summed E-state index contributed by atoms with van der Waals surface area (Å²) in [7, 11) is 1.68. The fraction of sp³-hybridized carbons (Fsp3) is 0.600. The van der Waals surface area contributed by atoms with Crippen LogP contribution in [-0.4, -0.2) is 24.4 Å². The molecule has 0 heterocycles. The minimum Gasteiger partial charge on any atom is -0.496 e. The van der Waals surface area contributed by atoms with Crippen molar-refractivity contribution in [3.05, 3.63) is 29.3 Å². The molecule has 0 aliphatic carbocycles. The topological polar surface area (TPSA) is 55.5 Å². The van der Waals surface area contributed by atoms with Gasteiger partial charge in [0, 0.05) is 6.04 Å². The van der Waals surface area contributed by atoms with Gasteiger partial charge in [0.1, 0.15) is 5.75 Å². The van der Waals surface area contributed by atoms with Crippen molar-refractivity contribution in [1.29, 1.82) is 0 Å². The van der Waals surface area contributed by atoms with E-state index < -0.39 is 6.10 Å². The molecule has 0 saturated carbocycles. The highest BCUT2D eigenvalue weighted by atomic mass is 16.5. The zero-order valence-electron chi connectivity index (χ0n) is 11.8. The SMILES string of the molecule is CCc1ccc(OC)c(C(C)CC(O)C(C)N)c1. The van der Waals surface area contributed by atoms with Crippen LogP contribution in [0.5, 0.6) is 5.75 Å². The van der Waals surface area contributed by atoms with E-state index in [-0.39, 0.29) is 12.0 Å². The van der Waals surface area contributed by atoms with Crippen molar-refractivity contribution >= 4 is 0 Å². The molecule has 3 unspecified atom stereocenters. The summed E-state index contributed by atoms with van der Waals surface area (Å²) < 4.78 is 5.40. The minimum atomic E-state index is -0.477. The number of rotatable bonds is 6. The third-order valence-electron chi connectivity index (χ3n) is 3.44. The Bertz CT molecular complexity index is 377. The molecule has 3 atom stereocenters. The zero-order valence-corrected chi connectivity index (χ0v) is 11.8. The van der Waals surface area contributed by atoms with Crippen molar-refractivity contribution in [2.45, 2.75) is 51.7 Å². The Morgan fingerprint density at radius 3 is 2.50 bits per heavy atom. The lowest BCUT2D eigenvalue weighted by Crippen LogP contribution is -2.32. The van der Waals surface area contributed by atoms with Crippen molar-refractivity contribution < 1.29 is 9.84 Å². The van der Waals surface area contributed by atoms with Crippen molar-refractivity contribution in [3.8, 4) is 5.75 Å². The molecule has 0 spiro atoms. The van der Waals surface area contributed by atoms with E-state index in [1.165, 1.54) is 5.56 Å². The van der Waals surface area contributed by atoms with Gasteiger partial charge in [-0.05, 0) is 42.9 Å². The number of aliphatic hydroxyl groups excluding tert-OH is 1. The van der Waals surface area contributed by atoms with Crippen LogP contribution in [0.3, 0.4) is 0 Å². The van der Waals surface area contributed by atoms with E-state index in [2.05, 4.69) is 26.0 Å². The van der Waals surface area contributed by atoms with Gasteiger partial charge in [-0.2, -0.15) is 0 Å². The van der Waals surface area contributed by atoms with E-state index in [4.69, 9.17) is 10.5 Å². The highest BCUT2D eigenvalue weighted by Crippen LogP contribution is 2.31. The number of aryl methyl sites for hydroxylation is 1. The van der Waals surface area contributed by atoms with Crippen LogP contribution in [0, 0.1) is 0 Å². The average molecular weight is 251 g/mol. The van der Waals surface area contributed by atoms with Gasteiger partial charge >= 0.3 is 0 Å². The first-order chi connectivity index (χ1) is 8.49. The van der Waals surface area contributed by atoms with Gasteiger partial charge in [-0.25, -0.2) is 0 Å². The third kappa shape index (κ3) is 3.72. The van der Waals surface area contributed by atoms with E-state index in [0.717, 1.165) is 17.7 Å². The summed E-state index contributed by atoms with van der Waals surface area (Å²) in [5, 5.41) is 9.88. The van der Waals surface area contributed by atoms with E-state index >= 15 is 0 Å². The molecule has 0 radical (unpaired) electrons. The maximum absolute atomic E-state index is 9.88. The Morgan fingerprint density at radius 2 is 2.00 bits per heavy atom. The summed E-state index contributed by atoms with van der Waals surface area (Å²) in [5.41, 5.74) is 8.14. The second-order valence-electron chi connectivity index (χ2n) is 4.99. The maximum Gasteiger partial charge on any atom is 0.122 e. The quantitative estimate of drug-likeness (QED) is 0.816. The molecular formula is C15H25NO2. The number of ether oxygens (including phenoxy) is 1. The van der Waals surface area contributed by atoms with E-state index in [1.807, 2.05) is 13.0 Å². The third-order valence-corrected chi connectivity index (χ3v) is 3.44. The summed E-state index contributed by atoms with van der Waals surface area (Å²) in [4.78, 5) is 0. The first-order valence-corrected chi connectivity index (χ1v) is 6.60. The predicted molar refractivity (Wildman–Crippen MR) is 75.1 cm³/mol. The molecule has 1 rings (SSSR count). The molecule has 0 aliphatic heterocycles. The van der Waals surface area contributed by atoms with Crippen LogP contribution in [0.25, 0.3) is 0 Å². The standard InChI is InChI=1S/C15H25NO2/c1-5-12-6-7-15(18-4)13(9-12)10(2)8-14(17)11(3)16/h6-7,9-11,14,17H,5,8,16H2,1-4H3. The molecule has 0 amide bonds. The Kier molecular flexibility index (Phi) is 5.63. The Labute approximate surface area is 110 Å². The summed E-state index contributed by atoms with van der Waals surface area (Å²) in [6.45, 7) is 6.06. The molecule has 0 saturated heterocycles. The first kappa shape index (κ1) is 15.0. The number of aliphatic hydroxyl groups is 1. The Balaban J connectivity index is 2.91. The summed E-state index contributed by atoms with van der Waals surface area (Å²) >= 11 is 0. The molecule has 3 heteroatoms. The molecular weight excluding hydrogens is 226 g/mol. The fourth-order valence-corrected chi connectivity index (χ4v) is 2.09. The molecule has 0 fully saturated rings. The van der Waals surface area contributed by atoms with Gasteiger partial charge in [0.15, 0.2) is 0 Å². The lowest BCUT2D eigenvalue weighted by Gasteiger charge is -2.21. The van der Waals surface area contributed by atoms with Crippen LogP contribution < -0.4 is 10.5 Å². The smallest absolute Gasteiger partial charge is 0.122 e. The molecule has 1 aromatic carbocycles. The van der Waals surface area contributed by atoms with E-state index in [0.29, 0.717) is 6.42 Å². The van der Waals surface area contributed by atoms with Crippen LogP contribution in [0.4, 0.5) is 0 Å². The van der Waals surface area contributed by atoms with Crippen LogP contribution in [-0.2, 0) is 6.42 Å². The van der Waals surface area contributed by atoms with Crippen LogP contribution in [0.15, 0.2) is 18.2 Å². The van der Waals surface area contributed by atoms with Crippen molar-refractivity contribution in [3.63, 3.8) is 0 Å². The van der Waals surface area contributed by atoms with Crippen molar-refractivity contribution in [1.82, 2.24) is 0 Å². The predicted octanol–water partition coefficient (Wildman–Crippen LogP) is 2.46. The fourth-order valence-electron chi connectivity index (χ4n) is 2.09. The highest BCUT2D eigenvalue weighted by molar-refractivity contribution is 5.39. The molecule has 102 valence electrons. The van der Waals surface area contributed by atoms with Gasteiger partial charge in [-0.1, -0.05) is 26.0 Å². The van der Waals surface area contributed by atoms with Crippen molar-refractivity contribution in [2.24, 2.45) is 5.73 Å². The van der Waals surface area contributed by atoms with Crippen LogP contribution >= 0.6 is 0 Å². The van der Waals surface area contributed by atoms with Crippen molar-refractivity contribution in [2.75, 3.05) is 7.11 Å². The minimum absolute atomic E-state index is 0.201.